The van der Waals surface area contributed by atoms with Gasteiger partial charge in [0.25, 0.3) is 5.91 Å². The van der Waals surface area contributed by atoms with Crippen molar-refractivity contribution in [2.24, 2.45) is 0 Å². The number of halogens is 2. The summed E-state index contributed by atoms with van der Waals surface area (Å²) in [7, 11) is 0. The van der Waals surface area contributed by atoms with Gasteiger partial charge in [0.2, 0.25) is 5.91 Å². The SMILES string of the molecule is Cc1ccc(N2CCN(C(=O)c3c(F)cc(N4C(=O)CCC4CO)cc3F)CC2)c(C)c1. The number of hydrogen-bond donors (Lipinski definition) is 1. The molecular formula is C24H27F2N3O3. The number of aryl methyl sites for hydroxylation is 2. The van der Waals surface area contributed by atoms with Crippen molar-refractivity contribution in [1.29, 1.82) is 0 Å². The van der Waals surface area contributed by atoms with Gasteiger partial charge in [-0.05, 0) is 44.0 Å². The minimum atomic E-state index is -1.00. The zero-order chi connectivity index (χ0) is 23.0. The topological polar surface area (TPSA) is 64.1 Å². The van der Waals surface area contributed by atoms with E-state index in [0.717, 1.165) is 23.4 Å². The molecule has 2 aromatic carbocycles. The predicted octanol–water partition coefficient (Wildman–Crippen LogP) is 3.03. The van der Waals surface area contributed by atoms with E-state index < -0.39 is 29.1 Å². The quantitative estimate of drug-likeness (QED) is 0.789. The van der Waals surface area contributed by atoms with Gasteiger partial charge in [0.05, 0.1) is 12.6 Å². The second-order valence-corrected chi connectivity index (χ2v) is 8.49. The smallest absolute Gasteiger partial charge is 0.259 e. The largest absolute Gasteiger partial charge is 0.394 e. The van der Waals surface area contributed by atoms with Gasteiger partial charge >= 0.3 is 0 Å². The maximum absolute atomic E-state index is 14.9. The highest BCUT2D eigenvalue weighted by molar-refractivity contribution is 5.98. The summed E-state index contributed by atoms with van der Waals surface area (Å²) in [4.78, 5) is 29.9. The van der Waals surface area contributed by atoms with Crippen LogP contribution in [0, 0.1) is 25.5 Å². The second-order valence-electron chi connectivity index (χ2n) is 8.49. The fraction of sp³-hybridized carbons (Fsp3) is 0.417. The third-order valence-corrected chi connectivity index (χ3v) is 6.31. The van der Waals surface area contributed by atoms with Gasteiger partial charge in [-0.25, -0.2) is 8.78 Å². The molecule has 32 heavy (non-hydrogen) atoms. The van der Waals surface area contributed by atoms with Crippen LogP contribution in [0.15, 0.2) is 30.3 Å². The van der Waals surface area contributed by atoms with Crippen molar-refractivity contribution < 1.29 is 23.5 Å². The number of aliphatic hydroxyl groups is 1. The molecule has 0 aliphatic carbocycles. The lowest BCUT2D eigenvalue weighted by Crippen LogP contribution is -2.49. The number of rotatable bonds is 4. The van der Waals surface area contributed by atoms with Crippen LogP contribution in [-0.2, 0) is 4.79 Å². The molecule has 2 fully saturated rings. The van der Waals surface area contributed by atoms with E-state index in [4.69, 9.17) is 0 Å². The summed E-state index contributed by atoms with van der Waals surface area (Å²) >= 11 is 0. The Balaban J connectivity index is 1.50. The number of aliphatic hydroxyl groups excluding tert-OH is 1. The summed E-state index contributed by atoms with van der Waals surface area (Å²) in [5, 5.41) is 9.46. The van der Waals surface area contributed by atoms with Crippen LogP contribution in [0.2, 0.25) is 0 Å². The molecular weight excluding hydrogens is 416 g/mol. The highest BCUT2D eigenvalue weighted by atomic mass is 19.1. The van der Waals surface area contributed by atoms with Crippen LogP contribution in [-0.4, -0.2) is 60.6 Å². The lowest BCUT2D eigenvalue weighted by atomic mass is 10.1. The molecule has 0 aromatic heterocycles. The first-order valence-electron chi connectivity index (χ1n) is 10.8. The summed E-state index contributed by atoms with van der Waals surface area (Å²) in [6.45, 7) is 5.62. The van der Waals surface area contributed by atoms with Crippen molar-refractivity contribution in [3.8, 4) is 0 Å². The Hall–Kier alpha value is -3.00. The summed E-state index contributed by atoms with van der Waals surface area (Å²) in [5.41, 5.74) is 2.84. The lowest BCUT2D eigenvalue weighted by Gasteiger charge is -2.37. The zero-order valence-corrected chi connectivity index (χ0v) is 18.3. The number of carbonyl (C=O) groups is 2. The summed E-state index contributed by atoms with van der Waals surface area (Å²) in [6, 6.07) is 7.70. The molecule has 1 N–H and O–H groups in total. The van der Waals surface area contributed by atoms with Crippen LogP contribution in [0.4, 0.5) is 20.2 Å². The summed E-state index contributed by atoms with van der Waals surface area (Å²) < 4.78 is 29.7. The van der Waals surface area contributed by atoms with Crippen LogP contribution >= 0.6 is 0 Å². The molecule has 4 rings (SSSR count). The number of nitrogens with zero attached hydrogens (tertiary/aromatic N) is 3. The molecule has 2 aliphatic rings. The Labute approximate surface area is 186 Å². The van der Waals surface area contributed by atoms with Crippen LogP contribution in [0.1, 0.15) is 34.3 Å². The van der Waals surface area contributed by atoms with E-state index >= 15 is 0 Å². The van der Waals surface area contributed by atoms with Gasteiger partial charge in [-0.1, -0.05) is 17.7 Å². The average Bonchev–Trinajstić information content (AvgIpc) is 3.14. The Kier molecular flexibility index (Phi) is 6.15. The van der Waals surface area contributed by atoms with Crippen molar-refractivity contribution in [1.82, 2.24) is 4.90 Å². The third kappa shape index (κ3) is 4.07. The van der Waals surface area contributed by atoms with E-state index in [-0.39, 0.29) is 24.6 Å². The van der Waals surface area contributed by atoms with E-state index in [1.54, 1.807) is 0 Å². The minimum absolute atomic E-state index is 0.0257. The molecule has 170 valence electrons. The lowest BCUT2D eigenvalue weighted by molar-refractivity contribution is -0.117. The maximum Gasteiger partial charge on any atom is 0.259 e. The van der Waals surface area contributed by atoms with E-state index in [2.05, 4.69) is 17.0 Å². The van der Waals surface area contributed by atoms with Gasteiger partial charge < -0.3 is 19.8 Å². The van der Waals surface area contributed by atoms with Gasteiger partial charge in [-0.2, -0.15) is 0 Å². The molecule has 1 atom stereocenters. The Morgan fingerprint density at radius 3 is 2.31 bits per heavy atom. The summed E-state index contributed by atoms with van der Waals surface area (Å²) in [6.07, 6.45) is 0.629. The van der Waals surface area contributed by atoms with Crippen molar-refractivity contribution in [2.45, 2.75) is 32.7 Å². The Morgan fingerprint density at radius 2 is 1.72 bits per heavy atom. The second kappa shape index (κ2) is 8.86. The van der Waals surface area contributed by atoms with Crippen LogP contribution < -0.4 is 9.80 Å². The molecule has 0 radical (unpaired) electrons. The first-order chi connectivity index (χ1) is 15.3. The number of hydrogen-bond acceptors (Lipinski definition) is 4. The number of anilines is 2. The fourth-order valence-corrected chi connectivity index (χ4v) is 4.64. The van der Waals surface area contributed by atoms with Crippen molar-refractivity contribution >= 4 is 23.2 Å². The Morgan fingerprint density at radius 1 is 1.06 bits per heavy atom. The molecule has 0 spiro atoms. The van der Waals surface area contributed by atoms with Crippen molar-refractivity contribution in [2.75, 3.05) is 42.6 Å². The molecule has 0 bridgehead atoms. The molecule has 2 saturated heterocycles. The number of benzene rings is 2. The molecule has 8 heteroatoms. The van der Waals surface area contributed by atoms with E-state index in [0.29, 0.717) is 32.6 Å². The highest BCUT2D eigenvalue weighted by Gasteiger charge is 2.34. The van der Waals surface area contributed by atoms with Gasteiger partial charge in [0.1, 0.15) is 17.2 Å². The van der Waals surface area contributed by atoms with Crippen molar-refractivity contribution in [3.63, 3.8) is 0 Å². The maximum atomic E-state index is 14.9. The van der Waals surface area contributed by atoms with Crippen LogP contribution in [0.3, 0.4) is 0 Å². The molecule has 1 unspecified atom stereocenters. The van der Waals surface area contributed by atoms with Gasteiger partial charge in [0.15, 0.2) is 0 Å². The fourth-order valence-electron chi connectivity index (χ4n) is 4.64. The van der Waals surface area contributed by atoms with Crippen LogP contribution in [0.5, 0.6) is 0 Å². The number of amides is 2. The van der Waals surface area contributed by atoms with Gasteiger partial charge in [0, 0.05) is 44.0 Å². The standard InChI is InChI=1S/C24H27F2N3O3/c1-15-3-5-21(16(2)11-15)27-7-9-28(10-8-27)24(32)23-19(25)12-18(13-20(23)26)29-17(14-30)4-6-22(29)31/h3,5,11-13,17,30H,4,6-10,14H2,1-2H3. The average molecular weight is 443 g/mol. The molecule has 2 amide bonds. The molecule has 2 heterocycles. The number of carbonyl (C=O) groups excluding carboxylic acids is 2. The van der Waals surface area contributed by atoms with E-state index in [9.17, 15) is 23.5 Å². The molecule has 0 saturated carbocycles. The Bertz CT molecular complexity index is 1030. The molecule has 2 aromatic rings. The minimum Gasteiger partial charge on any atom is -0.394 e. The molecule has 6 nitrogen and oxygen atoms in total. The number of piperazine rings is 1. The molecule has 2 aliphatic heterocycles. The highest BCUT2D eigenvalue weighted by Crippen LogP contribution is 2.30. The van der Waals surface area contributed by atoms with Gasteiger partial charge in [-0.15, -0.1) is 0 Å². The van der Waals surface area contributed by atoms with E-state index in [1.165, 1.54) is 15.4 Å². The first kappa shape index (κ1) is 22.2. The van der Waals surface area contributed by atoms with E-state index in [1.807, 2.05) is 19.9 Å². The summed E-state index contributed by atoms with van der Waals surface area (Å²) in [5.74, 6) is -3.00. The monoisotopic (exact) mass is 443 g/mol. The first-order valence-corrected chi connectivity index (χ1v) is 10.8. The van der Waals surface area contributed by atoms with Crippen molar-refractivity contribution in [3.05, 3.63) is 58.7 Å². The van der Waals surface area contributed by atoms with Gasteiger partial charge in [-0.3, -0.25) is 9.59 Å². The zero-order valence-electron chi connectivity index (χ0n) is 18.3. The van der Waals surface area contributed by atoms with Crippen LogP contribution in [0.25, 0.3) is 0 Å². The predicted molar refractivity (Wildman–Crippen MR) is 118 cm³/mol. The third-order valence-electron chi connectivity index (χ3n) is 6.31. The normalized spacial score (nSPS) is 19.1.